The molecule has 4 heterocycles. The van der Waals surface area contributed by atoms with E-state index in [0.29, 0.717) is 38.9 Å². The second kappa shape index (κ2) is 12.9. The molecule has 0 radical (unpaired) electrons. The van der Waals surface area contributed by atoms with Gasteiger partial charge in [0.2, 0.25) is 0 Å². The van der Waals surface area contributed by atoms with Crippen molar-refractivity contribution in [1.82, 2.24) is 20.0 Å². The number of aryl methyl sites for hydroxylation is 1. The number of allylic oxidation sites excluding steroid dienone is 2. The van der Waals surface area contributed by atoms with Gasteiger partial charge in [-0.15, -0.1) is 0 Å². The summed E-state index contributed by atoms with van der Waals surface area (Å²) in [6, 6.07) is 7.77. The fourth-order valence-electron chi connectivity index (χ4n) is 8.22. The Morgan fingerprint density at radius 3 is 1.72 bits per heavy atom. The Hall–Kier alpha value is -4.90. The zero-order valence-corrected chi connectivity index (χ0v) is 29.8. The SMILES string of the molecule is Cc1cc([C@H]2C3=CC[C@@H]4C(=O)N(N(C)c5nc(C(F)(F)F)ccc5Cl)C(=O)[C@@H]4[C@@H]3C[C@H]3C(=O)N(N(C)c4nc(C(F)(F)F)ccc4Cl)C(=O)[C@@H]23)ccc1O. The van der Waals surface area contributed by atoms with Crippen LogP contribution in [0.2, 0.25) is 10.0 Å². The van der Waals surface area contributed by atoms with Gasteiger partial charge in [-0.05, 0) is 67.1 Å². The van der Waals surface area contributed by atoms with Crippen molar-refractivity contribution < 1.29 is 50.6 Å². The number of hydrazine groups is 2. The van der Waals surface area contributed by atoms with Gasteiger partial charge in [0.25, 0.3) is 23.6 Å². The number of amides is 4. The third kappa shape index (κ3) is 5.82. The predicted octanol–water partition coefficient (Wildman–Crippen LogP) is 6.57. The first kappa shape index (κ1) is 37.4. The van der Waals surface area contributed by atoms with E-state index >= 15 is 0 Å². The number of carbonyl (C=O) groups is 4. The summed E-state index contributed by atoms with van der Waals surface area (Å²) in [5.41, 5.74) is -1.16. The number of anilines is 2. The average molecular weight is 798 g/mol. The van der Waals surface area contributed by atoms with E-state index in [9.17, 15) is 50.6 Å². The molecule has 2 aliphatic heterocycles. The molecule has 6 atom stereocenters. The first-order valence-corrected chi connectivity index (χ1v) is 17.2. The van der Waals surface area contributed by atoms with E-state index in [1.807, 2.05) is 0 Å². The Kier molecular flexibility index (Phi) is 8.91. The Balaban J connectivity index is 1.29. The van der Waals surface area contributed by atoms with Crippen molar-refractivity contribution in [2.24, 2.45) is 29.6 Å². The van der Waals surface area contributed by atoms with Crippen LogP contribution in [0.3, 0.4) is 0 Å². The van der Waals surface area contributed by atoms with Gasteiger partial charge >= 0.3 is 12.4 Å². The number of benzene rings is 1. The van der Waals surface area contributed by atoms with Crippen molar-refractivity contribution >= 4 is 58.5 Å². The highest BCUT2D eigenvalue weighted by Crippen LogP contribution is 2.58. The number of aromatic nitrogens is 2. The average Bonchev–Trinajstić information content (AvgIpc) is 3.50. The minimum absolute atomic E-state index is 0.00433. The van der Waals surface area contributed by atoms with E-state index < -0.39 is 94.5 Å². The number of phenolic OH excluding ortho intramolecular Hbond substituents is 1. The number of hydrogen-bond acceptors (Lipinski definition) is 9. The molecule has 0 unspecified atom stereocenters. The summed E-state index contributed by atoms with van der Waals surface area (Å²) in [5, 5.41) is 12.9. The normalized spacial score (nSPS) is 25.4. The highest BCUT2D eigenvalue weighted by atomic mass is 35.5. The van der Waals surface area contributed by atoms with Crippen LogP contribution >= 0.6 is 23.2 Å². The van der Waals surface area contributed by atoms with Crippen molar-refractivity contribution in [3.63, 3.8) is 0 Å². The topological polar surface area (TPSA) is 127 Å². The largest absolute Gasteiger partial charge is 0.508 e. The van der Waals surface area contributed by atoms with Crippen LogP contribution in [-0.4, -0.2) is 62.8 Å². The summed E-state index contributed by atoms with van der Waals surface area (Å²) < 4.78 is 81.6. The molecule has 54 heavy (non-hydrogen) atoms. The molecule has 2 aliphatic carbocycles. The van der Waals surface area contributed by atoms with Gasteiger partial charge in [-0.1, -0.05) is 47.0 Å². The van der Waals surface area contributed by atoms with Gasteiger partial charge in [0.05, 0.1) is 33.7 Å². The van der Waals surface area contributed by atoms with Crippen LogP contribution in [0, 0.1) is 36.5 Å². The fraction of sp³-hybridized carbons (Fsp3) is 0.371. The highest BCUT2D eigenvalue weighted by Gasteiger charge is 2.63. The van der Waals surface area contributed by atoms with Gasteiger partial charge in [0.1, 0.15) is 17.1 Å². The molecule has 7 rings (SSSR count). The molecule has 4 aliphatic rings. The first-order chi connectivity index (χ1) is 25.2. The van der Waals surface area contributed by atoms with Crippen LogP contribution in [0.15, 0.2) is 54.1 Å². The van der Waals surface area contributed by atoms with Gasteiger partial charge in [-0.25, -0.2) is 9.97 Å². The van der Waals surface area contributed by atoms with E-state index in [0.717, 1.165) is 22.2 Å². The Morgan fingerprint density at radius 1 is 0.722 bits per heavy atom. The van der Waals surface area contributed by atoms with E-state index in [2.05, 4.69) is 9.97 Å². The minimum Gasteiger partial charge on any atom is -0.508 e. The van der Waals surface area contributed by atoms with Crippen LogP contribution in [0.4, 0.5) is 38.0 Å². The second-order valence-corrected chi connectivity index (χ2v) is 14.4. The molecule has 1 saturated carbocycles. The van der Waals surface area contributed by atoms with Crippen LogP contribution in [0.5, 0.6) is 5.75 Å². The summed E-state index contributed by atoms with van der Waals surface area (Å²) in [6.45, 7) is 1.62. The summed E-state index contributed by atoms with van der Waals surface area (Å²) in [4.78, 5) is 64.1. The van der Waals surface area contributed by atoms with Gasteiger partial charge in [-0.3, -0.25) is 29.2 Å². The maximum Gasteiger partial charge on any atom is 0.433 e. The lowest BCUT2D eigenvalue weighted by Gasteiger charge is -2.44. The summed E-state index contributed by atoms with van der Waals surface area (Å²) in [5.74, 6) is -10.4. The lowest BCUT2D eigenvalue weighted by atomic mass is 9.57. The Labute approximate surface area is 312 Å². The van der Waals surface area contributed by atoms with Gasteiger partial charge < -0.3 is 5.11 Å². The van der Waals surface area contributed by atoms with Crippen LogP contribution in [-0.2, 0) is 31.5 Å². The lowest BCUT2D eigenvalue weighted by Crippen LogP contribution is -2.46. The number of nitrogens with zero attached hydrogens (tertiary/aromatic N) is 6. The van der Waals surface area contributed by atoms with Crippen molar-refractivity contribution in [3.05, 3.63) is 86.7 Å². The van der Waals surface area contributed by atoms with Gasteiger partial charge in [-0.2, -0.15) is 36.4 Å². The van der Waals surface area contributed by atoms with E-state index in [-0.39, 0.29) is 28.6 Å². The molecule has 1 N–H and O–H groups in total. The molecular formula is C35H28Cl2F6N6O5. The third-order valence-electron chi connectivity index (χ3n) is 10.6. The molecule has 4 amide bonds. The van der Waals surface area contributed by atoms with Crippen LogP contribution in [0.25, 0.3) is 0 Å². The quantitative estimate of drug-likeness (QED) is 0.173. The van der Waals surface area contributed by atoms with Gasteiger partial charge in [0.15, 0.2) is 11.6 Å². The first-order valence-electron chi connectivity index (χ1n) is 16.4. The molecule has 2 saturated heterocycles. The number of imide groups is 2. The number of aromatic hydroxyl groups is 1. The number of fused-ring (bicyclic) bond motifs is 4. The predicted molar refractivity (Wildman–Crippen MR) is 179 cm³/mol. The van der Waals surface area contributed by atoms with Crippen molar-refractivity contribution in [3.8, 4) is 5.75 Å². The molecule has 2 aromatic heterocycles. The third-order valence-corrected chi connectivity index (χ3v) is 11.2. The maximum absolute atomic E-state index is 14.4. The van der Waals surface area contributed by atoms with Crippen molar-refractivity contribution in [2.75, 3.05) is 24.1 Å². The van der Waals surface area contributed by atoms with Gasteiger partial charge in [0, 0.05) is 20.0 Å². The molecule has 1 aromatic carbocycles. The maximum atomic E-state index is 14.4. The van der Waals surface area contributed by atoms with E-state index in [1.165, 1.54) is 20.2 Å². The summed E-state index contributed by atoms with van der Waals surface area (Å²) >= 11 is 12.4. The van der Waals surface area contributed by atoms with E-state index in [1.54, 1.807) is 25.1 Å². The fourth-order valence-corrected chi connectivity index (χ4v) is 8.67. The van der Waals surface area contributed by atoms with Crippen LogP contribution < -0.4 is 10.0 Å². The molecule has 0 bridgehead atoms. The number of carbonyl (C=O) groups excluding carboxylic acids is 4. The number of rotatable bonds is 5. The lowest BCUT2D eigenvalue weighted by molar-refractivity contribution is -0.143. The second-order valence-electron chi connectivity index (χ2n) is 13.6. The molecule has 0 spiro atoms. The highest BCUT2D eigenvalue weighted by molar-refractivity contribution is 6.33. The zero-order chi connectivity index (χ0) is 39.3. The smallest absolute Gasteiger partial charge is 0.433 e. The standard InChI is InChI=1S/C35H28Cl2F6N6O5/c1-14-12-15(4-9-22(14)50)25-16-5-6-17-26(32(53)48(30(17)51)46(2)28-20(36)7-10-23(44-28)34(38,39)40)18(16)13-19-27(25)33(54)49(31(19)52)47(3)29-21(37)8-11-24(45-29)35(41,42)43/h4-5,7-12,17-19,25-27,50H,6,13H2,1-3H3/t17-,18+,19+,25-,26-,27+/m0/s1. The number of alkyl halides is 6. The van der Waals surface area contributed by atoms with E-state index in [4.69, 9.17) is 23.2 Å². The number of phenols is 1. The number of hydrogen-bond donors (Lipinski definition) is 1. The van der Waals surface area contributed by atoms with Crippen molar-refractivity contribution in [1.29, 1.82) is 0 Å². The zero-order valence-electron chi connectivity index (χ0n) is 28.3. The summed E-state index contributed by atoms with van der Waals surface area (Å²) in [7, 11) is 2.35. The van der Waals surface area contributed by atoms with Crippen LogP contribution in [0.1, 0.15) is 41.3 Å². The monoisotopic (exact) mass is 796 g/mol. The Morgan fingerprint density at radius 2 is 1.22 bits per heavy atom. The molecule has 11 nitrogen and oxygen atoms in total. The van der Waals surface area contributed by atoms with Crippen molar-refractivity contribution in [2.45, 2.75) is 38.0 Å². The summed E-state index contributed by atoms with van der Waals surface area (Å²) in [6.07, 6.45) is -8.15. The molecular weight excluding hydrogens is 769 g/mol. The number of pyridine rings is 2. The molecule has 3 aromatic rings. The molecule has 19 heteroatoms. The molecule has 284 valence electrons. The Bertz CT molecular complexity index is 2160. The minimum atomic E-state index is -4.87. The molecule has 3 fully saturated rings. The number of halogens is 8.